The molecule has 0 spiro atoms. The smallest absolute Gasteiger partial charge is 0.350 e. The first-order chi connectivity index (χ1) is 17.3. The van der Waals surface area contributed by atoms with E-state index in [0.717, 1.165) is 22.4 Å². The zero-order valence-corrected chi connectivity index (χ0v) is 19.3. The largest absolute Gasteiger partial charge is 0.449 e. The van der Waals surface area contributed by atoms with Gasteiger partial charge in [-0.05, 0) is 25.1 Å². The predicted molar refractivity (Wildman–Crippen MR) is 123 cm³/mol. The minimum atomic E-state index is -2.02. The highest BCUT2D eigenvalue weighted by Gasteiger charge is 2.41. The molecule has 5 rings (SSSR count). The molecule has 0 aliphatic carbocycles. The predicted octanol–water partition coefficient (Wildman–Crippen LogP) is 3.02. The maximum atomic E-state index is 14.8. The maximum absolute atomic E-state index is 14.8. The molecule has 2 atom stereocenters. The molecule has 36 heavy (non-hydrogen) atoms. The van der Waals surface area contributed by atoms with Gasteiger partial charge in [-0.15, -0.1) is 0 Å². The fraction of sp³-hybridized carbons (Fsp3) is 0.208. The lowest BCUT2D eigenvalue weighted by atomic mass is 9.86. The first-order valence-electron chi connectivity index (χ1n) is 11.0. The lowest BCUT2D eigenvalue weighted by Crippen LogP contribution is -2.44. The van der Waals surface area contributed by atoms with Gasteiger partial charge in [0, 0.05) is 24.1 Å². The van der Waals surface area contributed by atoms with E-state index in [1.807, 2.05) is 0 Å². The van der Waals surface area contributed by atoms with Crippen LogP contribution in [0.1, 0.15) is 24.4 Å². The first kappa shape index (κ1) is 23.3. The van der Waals surface area contributed by atoms with E-state index in [-0.39, 0.29) is 12.1 Å². The van der Waals surface area contributed by atoms with E-state index >= 15 is 0 Å². The summed E-state index contributed by atoms with van der Waals surface area (Å²) in [5.41, 5.74) is -0.806. The number of aryl methyl sites for hydroxylation is 1. The van der Waals surface area contributed by atoms with Crippen LogP contribution in [0.3, 0.4) is 0 Å². The summed E-state index contributed by atoms with van der Waals surface area (Å²) in [5.74, 6) is -1.22. The highest BCUT2D eigenvalue weighted by atomic mass is 19.1. The zero-order chi connectivity index (χ0) is 25.4. The Morgan fingerprint density at radius 2 is 1.89 bits per heavy atom. The van der Waals surface area contributed by atoms with Crippen molar-refractivity contribution in [1.82, 2.24) is 34.1 Å². The molecule has 0 aliphatic rings. The molecule has 184 valence electrons. The SMILES string of the molecule is Cc1nc(-c2ccc(-n3cnn([C@H](C)[C@](O)(Cn4cncn4)c4ccc(F)cc4F)c3=O)cc2)co1. The molecule has 0 radical (unpaired) electrons. The van der Waals surface area contributed by atoms with Gasteiger partial charge in [0.25, 0.3) is 0 Å². The number of aromatic nitrogens is 7. The first-order valence-corrected chi connectivity index (χ1v) is 11.0. The van der Waals surface area contributed by atoms with Crippen molar-refractivity contribution in [2.45, 2.75) is 32.0 Å². The van der Waals surface area contributed by atoms with Crippen LogP contribution in [-0.2, 0) is 12.1 Å². The lowest BCUT2D eigenvalue weighted by Gasteiger charge is -2.34. The van der Waals surface area contributed by atoms with Crippen LogP contribution >= 0.6 is 0 Å². The second-order valence-corrected chi connectivity index (χ2v) is 8.34. The van der Waals surface area contributed by atoms with Crippen LogP contribution in [0.2, 0.25) is 0 Å². The van der Waals surface area contributed by atoms with Crippen molar-refractivity contribution >= 4 is 0 Å². The Kier molecular flexibility index (Phi) is 5.80. The molecule has 0 unspecified atom stereocenters. The Morgan fingerprint density at radius 1 is 1.11 bits per heavy atom. The summed E-state index contributed by atoms with van der Waals surface area (Å²) in [4.78, 5) is 21.5. The molecule has 5 aromatic rings. The Morgan fingerprint density at radius 3 is 2.53 bits per heavy atom. The summed E-state index contributed by atoms with van der Waals surface area (Å²) in [6.45, 7) is 3.01. The molecule has 10 nitrogen and oxygen atoms in total. The molecule has 0 saturated heterocycles. The number of oxazole rings is 1. The second kappa shape index (κ2) is 8.96. The Bertz CT molecular complexity index is 1560. The zero-order valence-electron chi connectivity index (χ0n) is 19.3. The molecule has 1 N–H and O–H groups in total. The molecule has 0 saturated carbocycles. The molecule has 3 aromatic heterocycles. The van der Waals surface area contributed by atoms with Gasteiger partial charge >= 0.3 is 5.69 Å². The number of benzene rings is 2. The number of hydrogen-bond acceptors (Lipinski definition) is 7. The Labute approximate surface area is 203 Å². The van der Waals surface area contributed by atoms with E-state index in [2.05, 4.69) is 20.2 Å². The van der Waals surface area contributed by atoms with E-state index in [0.29, 0.717) is 23.3 Å². The highest BCUT2D eigenvalue weighted by molar-refractivity contribution is 5.59. The average Bonchev–Trinajstić information content (AvgIpc) is 3.60. The van der Waals surface area contributed by atoms with Gasteiger partial charge in [-0.25, -0.2) is 37.5 Å². The van der Waals surface area contributed by atoms with Crippen molar-refractivity contribution in [1.29, 1.82) is 0 Å². The van der Waals surface area contributed by atoms with Gasteiger partial charge in [0.15, 0.2) is 5.89 Å². The van der Waals surface area contributed by atoms with Gasteiger partial charge in [0.05, 0.1) is 18.3 Å². The summed E-state index contributed by atoms with van der Waals surface area (Å²) < 4.78 is 37.3. The van der Waals surface area contributed by atoms with Crippen molar-refractivity contribution in [3.63, 3.8) is 0 Å². The van der Waals surface area contributed by atoms with Gasteiger partial charge in [0.1, 0.15) is 48.2 Å². The fourth-order valence-electron chi connectivity index (χ4n) is 4.09. The fourth-order valence-corrected chi connectivity index (χ4v) is 4.09. The summed E-state index contributed by atoms with van der Waals surface area (Å²) in [6, 6.07) is 8.79. The minimum absolute atomic E-state index is 0.208. The highest BCUT2D eigenvalue weighted by Crippen LogP contribution is 2.35. The molecule has 0 fully saturated rings. The lowest BCUT2D eigenvalue weighted by molar-refractivity contribution is -0.0381. The normalized spacial score (nSPS) is 14.0. The van der Waals surface area contributed by atoms with Crippen LogP contribution < -0.4 is 5.69 Å². The van der Waals surface area contributed by atoms with Crippen molar-refractivity contribution in [3.05, 3.63) is 101 Å². The quantitative estimate of drug-likeness (QED) is 0.370. The molecular formula is C24H21F2N7O3. The van der Waals surface area contributed by atoms with E-state index in [4.69, 9.17) is 4.42 Å². The van der Waals surface area contributed by atoms with Crippen molar-refractivity contribution < 1.29 is 18.3 Å². The topological polar surface area (TPSA) is 117 Å². The number of aliphatic hydroxyl groups is 1. The van der Waals surface area contributed by atoms with Crippen LogP contribution in [0.4, 0.5) is 8.78 Å². The van der Waals surface area contributed by atoms with E-state index in [9.17, 15) is 18.7 Å². The number of halogens is 2. The van der Waals surface area contributed by atoms with Gasteiger partial charge < -0.3 is 9.52 Å². The number of nitrogens with zero attached hydrogens (tertiary/aromatic N) is 7. The van der Waals surface area contributed by atoms with E-state index < -0.39 is 29.0 Å². The third-order valence-corrected chi connectivity index (χ3v) is 6.08. The van der Waals surface area contributed by atoms with Crippen LogP contribution in [-0.4, -0.2) is 39.2 Å². The molecule has 12 heteroatoms. The molecular weight excluding hydrogens is 472 g/mol. The molecule has 0 aliphatic heterocycles. The number of hydrogen-bond donors (Lipinski definition) is 1. The Hall–Kier alpha value is -4.45. The number of rotatable bonds is 7. The Balaban J connectivity index is 1.52. The third-order valence-electron chi connectivity index (χ3n) is 6.08. The van der Waals surface area contributed by atoms with Gasteiger partial charge in [-0.3, -0.25) is 0 Å². The third kappa shape index (κ3) is 4.11. The summed E-state index contributed by atoms with van der Waals surface area (Å²) in [6.07, 6.45) is 5.46. The maximum Gasteiger partial charge on any atom is 0.350 e. The van der Waals surface area contributed by atoms with Crippen molar-refractivity contribution in [2.75, 3.05) is 0 Å². The van der Waals surface area contributed by atoms with Crippen LogP contribution in [0, 0.1) is 18.6 Å². The molecule has 3 heterocycles. The van der Waals surface area contributed by atoms with Crippen LogP contribution in [0.15, 0.2) is 76.9 Å². The van der Waals surface area contributed by atoms with E-state index in [1.165, 1.54) is 35.2 Å². The molecule has 0 bridgehead atoms. The molecule has 2 aromatic carbocycles. The summed E-state index contributed by atoms with van der Waals surface area (Å²) in [7, 11) is 0. The summed E-state index contributed by atoms with van der Waals surface area (Å²) >= 11 is 0. The summed E-state index contributed by atoms with van der Waals surface area (Å²) in [5, 5.41) is 19.9. The van der Waals surface area contributed by atoms with Gasteiger partial charge in [-0.2, -0.15) is 10.2 Å². The standard InChI is InChI=1S/C24H21F2N7O3/c1-15(24(35,11-31-13-27-12-28-31)20-8-5-18(25)9-21(20)26)33-23(34)32(14-29-33)19-6-3-17(4-7-19)22-10-36-16(2)30-22/h3-10,12-15,35H,11H2,1-2H3/t15-,24-/m1/s1. The second-order valence-electron chi connectivity index (χ2n) is 8.34. The van der Waals surface area contributed by atoms with Gasteiger partial charge in [0.2, 0.25) is 0 Å². The van der Waals surface area contributed by atoms with Gasteiger partial charge in [-0.1, -0.05) is 18.2 Å². The molecule has 0 amide bonds. The van der Waals surface area contributed by atoms with Crippen LogP contribution in [0.5, 0.6) is 0 Å². The average molecular weight is 493 g/mol. The van der Waals surface area contributed by atoms with Crippen LogP contribution in [0.25, 0.3) is 16.9 Å². The monoisotopic (exact) mass is 493 g/mol. The van der Waals surface area contributed by atoms with Crippen molar-refractivity contribution in [3.8, 4) is 16.9 Å². The van der Waals surface area contributed by atoms with E-state index in [1.54, 1.807) is 37.5 Å². The van der Waals surface area contributed by atoms with Crippen molar-refractivity contribution in [2.24, 2.45) is 0 Å². The minimum Gasteiger partial charge on any atom is -0.449 e.